The fourth-order valence-electron chi connectivity index (χ4n) is 1.25. The molecule has 5 nitrogen and oxygen atoms in total. The summed E-state index contributed by atoms with van der Waals surface area (Å²) in [6.45, 7) is 4.36. The largest absolute Gasteiger partial charge is 0.462 e. The maximum atomic E-state index is 11.7. The van der Waals surface area contributed by atoms with Gasteiger partial charge in [0.2, 0.25) is 0 Å². The van der Waals surface area contributed by atoms with Crippen molar-refractivity contribution in [3.8, 4) is 0 Å². The molecule has 0 aliphatic rings. The first-order chi connectivity index (χ1) is 8.41. The summed E-state index contributed by atoms with van der Waals surface area (Å²) in [6.07, 6.45) is 0.762. The van der Waals surface area contributed by atoms with Crippen LogP contribution in [-0.4, -0.2) is 17.5 Å². The van der Waals surface area contributed by atoms with Crippen molar-refractivity contribution in [3.05, 3.63) is 38.3 Å². The molecule has 1 rings (SSSR count). The predicted octanol–water partition coefficient (Wildman–Crippen LogP) is 3.56. The zero-order valence-electron chi connectivity index (χ0n) is 10.2. The molecule has 0 saturated carbocycles. The van der Waals surface area contributed by atoms with Gasteiger partial charge in [-0.15, -0.1) is 0 Å². The lowest BCUT2D eigenvalue weighted by molar-refractivity contribution is -0.384. The molecule has 0 aliphatic carbocycles. The van der Waals surface area contributed by atoms with Crippen LogP contribution in [0.5, 0.6) is 0 Å². The van der Waals surface area contributed by atoms with Crippen LogP contribution in [0, 0.1) is 16.0 Å². The number of nitro groups is 1. The Morgan fingerprint density at radius 1 is 1.50 bits per heavy atom. The van der Waals surface area contributed by atoms with E-state index < -0.39 is 10.9 Å². The Morgan fingerprint density at radius 3 is 2.72 bits per heavy atom. The summed E-state index contributed by atoms with van der Waals surface area (Å²) in [5.41, 5.74) is 0.0435. The fourth-order valence-corrected chi connectivity index (χ4v) is 1.66. The van der Waals surface area contributed by atoms with Crippen LogP contribution < -0.4 is 0 Å². The molecule has 0 aliphatic heterocycles. The number of nitrogens with zero attached hydrogens (tertiary/aromatic N) is 1. The highest BCUT2D eigenvalue weighted by atomic mass is 79.9. The van der Waals surface area contributed by atoms with Gasteiger partial charge in [0.25, 0.3) is 5.69 Å². The minimum absolute atomic E-state index is 0.131. The molecule has 0 N–H and O–H groups in total. The molecule has 0 spiro atoms. The lowest BCUT2D eigenvalue weighted by atomic mass is 10.1. The zero-order valence-corrected chi connectivity index (χ0v) is 11.8. The van der Waals surface area contributed by atoms with Gasteiger partial charge in [0.05, 0.1) is 17.1 Å². The second-order valence-corrected chi connectivity index (χ2v) is 5.09. The van der Waals surface area contributed by atoms with Crippen LogP contribution in [0.4, 0.5) is 5.69 Å². The molecule has 0 atom stereocenters. The number of benzene rings is 1. The number of esters is 1. The van der Waals surface area contributed by atoms with Gasteiger partial charge in [-0.2, -0.15) is 0 Å². The van der Waals surface area contributed by atoms with Crippen LogP contribution in [-0.2, 0) is 4.74 Å². The highest BCUT2D eigenvalue weighted by molar-refractivity contribution is 9.10. The summed E-state index contributed by atoms with van der Waals surface area (Å²) < 4.78 is 5.55. The molecule has 1 aromatic rings. The molecule has 98 valence electrons. The summed E-state index contributed by atoms with van der Waals surface area (Å²) in [4.78, 5) is 21.8. The van der Waals surface area contributed by atoms with Gasteiger partial charge in [-0.3, -0.25) is 10.1 Å². The number of halogens is 1. The lowest BCUT2D eigenvalue weighted by Gasteiger charge is -2.07. The van der Waals surface area contributed by atoms with Gasteiger partial charge in [0.1, 0.15) is 0 Å². The third-order valence-electron chi connectivity index (χ3n) is 2.31. The molecule has 0 bridgehead atoms. The summed E-state index contributed by atoms with van der Waals surface area (Å²) >= 11 is 3.18. The Balaban J connectivity index is 2.78. The zero-order chi connectivity index (χ0) is 13.7. The van der Waals surface area contributed by atoms with E-state index in [2.05, 4.69) is 15.9 Å². The molecule has 0 saturated heterocycles. The van der Waals surface area contributed by atoms with Crippen molar-refractivity contribution in [3.63, 3.8) is 0 Å². The van der Waals surface area contributed by atoms with E-state index >= 15 is 0 Å². The van der Waals surface area contributed by atoms with E-state index in [1.54, 1.807) is 0 Å². The standard InChI is InChI=1S/C12H14BrNO4/c1-8(2)5-6-18-12(15)10-7-9(14(16)17)3-4-11(10)13/h3-4,7-8H,5-6H2,1-2H3. The normalized spacial score (nSPS) is 10.4. The van der Waals surface area contributed by atoms with E-state index in [1.807, 2.05) is 13.8 Å². The smallest absolute Gasteiger partial charge is 0.339 e. The van der Waals surface area contributed by atoms with Crippen LogP contribution >= 0.6 is 15.9 Å². The van der Waals surface area contributed by atoms with Crippen LogP contribution in [0.2, 0.25) is 0 Å². The Hall–Kier alpha value is -1.43. The van der Waals surface area contributed by atoms with Gasteiger partial charge in [0.15, 0.2) is 0 Å². The highest BCUT2D eigenvalue weighted by Gasteiger charge is 2.16. The average Bonchev–Trinajstić information content (AvgIpc) is 2.28. The van der Waals surface area contributed by atoms with Gasteiger partial charge in [0, 0.05) is 16.6 Å². The number of nitro benzene ring substituents is 1. The van der Waals surface area contributed by atoms with Crippen molar-refractivity contribution in [2.24, 2.45) is 5.92 Å². The summed E-state index contributed by atoms with van der Waals surface area (Å²) in [6, 6.07) is 4.01. The molecule has 0 heterocycles. The quantitative estimate of drug-likeness (QED) is 0.473. The first-order valence-corrected chi connectivity index (χ1v) is 6.32. The van der Waals surface area contributed by atoms with Crippen molar-refractivity contribution in [2.75, 3.05) is 6.61 Å². The monoisotopic (exact) mass is 315 g/mol. The minimum atomic E-state index is -0.550. The Labute approximate surface area is 113 Å². The molecular weight excluding hydrogens is 302 g/mol. The second kappa shape index (κ2) is 6.49. The molecule has 0 aromatic heterocycles. The molecule has 0 radical (unpaired) electrons. The predicted molar refractivity (Wildman–Crippen MR) is 70.5 cm³/mol. The molecule has 1 aromatic carbocycles. The first kappa shape index (κ1) is 14.6. The number of hydrogen-bond acceptors (Lipinski definition) is 4. The number of carbonyl (C=O) groups excluding carboxylic acids is 1. The van der Waals surface area contributed by atoms with Gasteiger partial charge in [-0.25, -0.2) is 4.79 Å². The number of hydrogen-bond donors (Lipinski definition) is 0. The van der Waals surface area contributed by atoms with E-state index in [0.29, 0.717) is 17.0 Å². The van der Waals surface area contributed by atoms with E-state index in [4.69, 9.17) is 4.74 Å². The summed E-state index contributed by atoms with van der Waals surface area (Å²) in [5.74, 6) is -0.113. The Kier molecular flexibility index (Phi) is 5.27. The van der Waals surface area contributed by atoms with E-state index in [0.717, 1.165) is 6.42 Å². The number of ether oxygens (including phenoxy) is 1. The van der Waals surface area contributed by atoms with Crippen LogP contribution in [0.1, 0.15) is 30.6 Å². The maximum absolute atomic E-state index is 11.7. The number of rotatable bonds is 5. The summed E-state index contributed by atoms with van der Waals surface area (Å²) in [5, 5.41) is 10.6. The van der Waals surface area contributed by atoms with E-state index in [1.165, 1.54) is 18.2 Å². The topological polar surface area (TPSA) is 69.4 Å². The third-order valence-corrected chi connectivity index (χ3v) is 3.00. The fraction of sp³-hybridized carbons (Fsp3) is 0.417. The average molecular weight is 316 g/mol. The SMILES string of the molecule is CC(C)CCOC(=O)c1cc([N+](=O)[O-])ccc1Br. The second-order valence-electron chi connectivity index (χ2n) is 4.24. The summed E-state index contributed by atoms with van der Waals surface area (Å²) in [7, 11) is 0. The molecule has 18 heavy (non-hydrogen) atoms. The molecule has 0 unspecified atom stereocenters. The van der Waals surface area contributed by atoms with Gasteiger partial charge in [-0.1, -0.05) is 13.8 Å². The van der Waals surface area contributed by atoms with Crippen molar-refractivity contribution in [1.82, 2.24) is 0 Å². The number of carbonyl (C=O) groups is 1. The highest BCUT2D eigenvalue weighted by Crippen LogP contribution is 2.23. The minimum Gasteiger partial charge on any atom is -0.462 e. The molecule has 0 fully saturated rings. The van der Waals surface area contributed by atoms with E-state index in [9.17, 15) is 14.9 Å². The maximum Gasteiger partial charge on any atom is 0.339 e. The van der Waals surface area contributed by atoms with Crippen LogP contribution in [0.15, 0.2) is 22.7 Å². The Morgan fingerprint density at radius 2 is 2.17 bits per heavy atom. The van der Waals surface area contributed by atoms with Gasteiger partial charge < -0.3 is 4.74 Å². The Bertz CT molecular complexity index is 459. The van der Waals surface area contributed by atoms with Crippen LogP contribution in [0.25, 0.3) is 0 Å². The molecular formula is C12H14BrNO4. The number of non-ortho nitro benzene ring substituents is 1. The first-order valence-electron chi connectivity index (χ1n) is 5.53. The van der Waals surface area contributed by atoms with Crippen molar-refractivity contribution >= 4 is 27.6 Å². The van der Waals surface area contributed by atoms with E-state index in [-0.39, 0.29) is 11.3 Å². The molecule has 0 amide bonds. The van der Waals surface area contributed by atoms with Crippen molar-refractivity contribution in [1.29, 1.82) is 0 Å². The van der Waals surface area contributed by atoms with Crippen molar-refractivity contribution < 1.29 is 14.5 Å². The lowest BCUT2D eigenvalue weighted by Crippen LogP contribution is -2.09. The third kappa shape index (κ3) is 4.10. The van der Waals surface area contributed by atoms with Gasteiger partial charge in [-0.05, 0) is 34.3 Å². The van der Waals surface area contributed by atoms with Crippen molar-refractivity contribution in [2.45, 2.75) is 20.3 Å². The molecule has 6 heteroatoms. The van der Waals surface area contributed by atoms with Crippen LogP contribution in [0.3, 0.4) is 0 Å². The van der Waals surface area contributed by atoms with Gasteiger partial charge >= 0.3 is 5.97 Å².